The second-order valence-electron chi connectivity index (χ2n) is 2.36. The quantitative estimate of drug-likeness (QED) is 0.615. The van der Waals surface area contributed by atoms with E-state index in [1.54, 1.807) is 0 Å². The van der Waals surface area contributed by atoms with Gasteiger partial charge in [0.1, 0.15) is 5.75 Å². The van der Waals surface area contributed by atoms with Crippen LogP contribution in [0.4, 0.5) is 8.78 Å². The molecule has 0 saturated heterocycles. The van der Waals surface area contributed by atoms with Crippen LogP contribution in [-0.2, 0) is 4.79 Å². The molecule has 0 atom stereocenters. The van der Waals surface area contributed by atoms with Crippen molar-refractivity contribution in [3.63, 3.8) is 0 Å². The third-order valence-corrected chi connectivity index (χ3v) is 1.83. The number of benzene rings is 1. The molecular formula is C8H4BrF2NaO3. The Morgan fingerprint density at radius 1 is 1.33 bits per heavy atom. The van der Waals surface area contributed by atoms with Gasteiger partial charge in [-0.25, -0.2) is 0 Å². The topological polar surface area (TPSA) is 49.4 Å². The molecule has 3 nitrogen and oxygen atoms in total. The van der Waals surface area contributed by atoms with Gasteiger partial charge in [-0.1, -0.05) is 15.9 Å². The van der Waals surface area contributed by atoms with Crippen molar-refractivity contribution in [1.29, 1.82) is 0 Å². The van der Waals surface area contributed by atoms with Crippen LogP contribution in [0.3, 0.4) is 0 Å². The summed E-state index contributed by atoms with van der Waals surface area (Å²) in [6.45, 7) is 0. The molecule has 0 spiro atoms. The summed E-state index contributed by atoms with van der Waals surface area (Å²) in [5.41, 5.74) is 0. The molecule has 7 heteroatoms. The fraction of sp³-hybridized carbons (Fsp3) is 0.125. The van der Waals surface area contributed by atoms with Crippen molar-refractivity contribution < 1.29 is 53.0 Å². The van der Waals surface area contributed by atoms with E-state index in [2.05, 4.69) is 20.7 Å². The van der Waals surface area contributed by atoms with Gasteiger partial charge >= 0.3 is 35.7 Å². The molecule has 0 N–H and O–H groups in total. The van der Waals surface area contributed by atoms with Gasteiger partial charge in [-0.15, -0.1) is 0 Å². The van der Waals surface area contributed by atoms with Crippen molar-refractivity contribution >= 4 is 21.9 Å². The van der Waals surface area contributed by atoms with Crippen molar-refractivity contribution in [3.05, 3.63) is 28.7 Å². The summed E-state index contributed by atoms with van der Waals surface area (Å²) in [5.74, 6) is -2.82. The summed E-state index contributed by atoms with van der Waals surface area (Å²) >= 11 is 3.08. The first-order valence-corrected chi connectivity index (χ1v) is 4.25. The van der Waals surface area contributed by atoms with Gasteiger partial charge in [0.05, 0.1) is 0 Å². The molecule has 0 aromatic heterocycles. The number of halogens is 3. The molecule has 1 rings (SSSR count). The summed E-state index contributed by atoms with van der Waals surface area (Å²) in [7, 11) is 0. The van der Waals surface area contributed by atoms with Gasteiger partial charge < -0.3 is 14.6 Å². The molecule has 0 bridgehead atoms. The van der Waals surface area contributed by atoms with Crippen LogP contribution >= 0.6 is 15.9 Å². The van der Waals surface area contributed by atoms with Gasteiger partial charge in [0.2, 0.25) is 0 Å². The Hall–Kier alpha value is -0.170. The standard InChI is InChI=1S/C8H5BrF2O3.Na/c9-5-1-3-6(4-2-5)14-8(10,11)7(12)13;/h1-4H,(H,12,13);/q;+1/p-1. The maximum atomic E-state index is 12.4. The smallest absolute Gasteiger partial charge is 0.541 e. The van der Waals surface area contributed by atoms with E-state index in [-0.39, 0.29) is 35.3 Å². The number of carboxylic acids is 1. The predicted molar refractivity (Wildman–Crippen MR) is 44.7 cm³/mol. The number of hydrogen-bond acceptors (Lipinski definition) is 3. The second-order valence-corrected chi connectivity index (χ2v) is 3.28. The third-order valence-electron chi connectivity index (χ3n) is 1.30. The van der Waals surface area contributed by atoms with Crippen molar-refractivity contribution in [2.75, 3.05) is 0 Å². The van der Waals surface area contributed by atoms with E-state index in [4.69, 9.17) is 0 Å². The zero-order chi connectivity index (χ0) is 10.8. The van der Waals surface area contributed by atoms with Crippen LogP contribution in [0.25, 0.3) is 0 Å². The van der Waals surface area contributed by atoms with Gasteiger partial charge in [-0.2, -0.15) is 8.78 Å². The Bertz CT molecular complexity index is 342. The van der Waals surface area contributed by atoms with Crippen molar-refractivity contribution in [2.45, 2.75) is 6.11 Å². The van der Waals surface area contributed by atoms with E-state index in [1.165, 1.54) is 24.3 Å². The molecular weight excluding hydrogens is 285 g/mol. The Balaban J connectivity index is 0.00000196. The number of alkyl halides is 2. The first kappa shape index (κ1) is 14.8. The predicted octanol–water partition coefficient (Wildman–Crippen LogP) is -1.83. The van der Waals surface area contributed by atoms with Crippen molar-refractivity contribution in [3.8, 4) is 5.75 Å². The Morgan fingerprint density at radius 3 is 2.20 bits per heavy atom. The van der Waals surface area contributed by atoms with E-state index in [0.717, 1.165) is 0 Å². The molecule has 0 fully saturated rings. The van der Waals surface area contributed by atoms with Gasteiger partial charge in [0.15, 0.2) is 5.97 Å². The minimum Gasteiger partial charge on any atom is -0.541 e. The summed E-state index contributed by atoms with van der Waals surface area (Å²) in [6, 6.07) is 5.31. The first-order valence-electron chi connectivity index (χ1n) is 3.45. The normalized spacial score (nSPS) is 10.3. The zero-order valence-corrected chi connectivity index (χ0v) is 11.3. The molecule has 1 aromatic carbocycles. The summed E-state index contributed by atoms with van der Waals surface area (Å²) in [4.78, 5) is 9.90. The molecule has 0 aliphatic rings. The van der Waals surface area contributed by atoms with Gasteiger partial charge in [0, 0.05) is 4.47 Å². The molecule has 0 heterocycles. The van der Waals surface area contributed by atoms with Crippen LogP contribution in [0.15, 0.2) is 28.7 Å². The van der Waals surface area contributed by atoms with Crippen LogP contribution in [0.2, 0.25) is 0 Å². The van der Waals surface area contributed by atoms with Gasteiger partial charge in [-0.3, -0.25) is 0 Å². The number of carbonyl (C=O) groups is 1. The number of rotatable bonds is 3. The van der Waals surface area contributed by atoms with E-state index >= 15 is 0 Å². The molecule has 0 aliphatic heterocycles. The van der Waals surface area contributed by atoms with Crippen LogP contribution in [0.1, 0.15) is 0 Å². The number of carboxylic acid groups (broad SMARTS) is 1. The molecule has 76 valence electrons. The molecule has 1 aromatic rings. The van der Waals surface area contributed by atoms with Gasteiger partial charge in [0.25, 0.3) is 0 Å². The maximum Gasteiger partial charge on any atom is 1.00 e. The Kier molecular flexibility index (Phi) is 5.72. The fourth-order valence-electron chi connectivity index (χ4n) is 0.692. The fourth-order valence-corrected chi connectivity index (χ4v) is 0.957. The molecule has 0 unspecified atom stereocenters. The molecule has 0 saturated carbocycles. The van der Waals surface area contributed by atoms with E-state index < -0.39 is 12.1 Å². The number of aliphatic carboxylic acids is 1. The minimum atomic E-state index is -4.31. The van der Waals surface area contributed by atoms with Crippen LogP contribution in [0, 0.1) is 0 Å². The van der Waals surface area contributed by atoms with E-state index in [9.17, 15) is 18.7 Å². The molecule has 0 radical (unpaired) electrons. The van der Waals surface area contributed by atoms with E-state index in [0.29, 0.717) is 4.47 Å². The first-order chi connectivity index (χ1) is 6.42. The number of ether oxygens (including phenoxy) is 1. The SMILES string of the molecule is O=C([O-])C(F)(F)Oc1ccc(Br)cc1.[Na+]. The van der Waals surface area contributed by atoms with Crippen molar-refractivity contribution in [2.24, 2.45) is 0 Å². The maximum absolute atomic E-state index is 12.4. The van der Waals surface area contributed by atoms with Crippen molar-refractivity contribution in [1.82, 2.24) is 0 Å². The Labute approximate surface area is 115 Å². The van der Waals surface area contributed by atoms with E-state index in [1.807, 2.05) is 0 Å². The molecule has 15 heavy (non-hydrogen) atoms. The van der Waals surface area contributed by atoms with Crippen LogP contribution in [0.5, 0.6) is 5.75 Å². The molecule has 0 amide bonds. The summed E-state index contributed by atoms with van der Waals surface area (Å²) in [5, 5.41) is 9.90. The Morgan fingerprint density at radius 2 is 1.80 bits per heavy atom. The average Bonchev–Trinajstić information content (AvgIpc) is 2.08. The minimum absolute atomic E-state index is 0. The third kappa shape index (κ3) is 4.46. The molecule has 0 aliphatic carbocycles. The summed E-state index contributed by atoms with van der Waals surface area (Å²) < 4.78 is 29.4. The number of carbonyl (C=O) groups excluding carboxylic acids is 1. The van der Waals surface area contributed by atoms with Crippen LogP contribution in [-0.4, -0.2) is 12.1 Å². The van der Waals surface area contributed by atoms with Gasteiger partial charge in [-0.05, 0) is 24.3 Å². The second kappa shape index (κ2) is 5.79. The zero-order valence-electron chi connectivity index (χ0n) is 7.67. The average molecular weight is 289 g/mol. The number of hydrogen-bond donors (Lipinski definition) is 0. The van der Waals surface area contributed by atoms with Crippen LogP contribution < -0.4 is 39.4 Å². The summed E-state index contributed by atoms with van der Waals surface area (Å²) in [6.07, 6.45) is -4.31. The largest absolute Gasteiger partial charge is 1.00 e. The monoisotopic (exact) mass is 288 g/mol.